The van der Waals surface area contributed by atoms with Gasteiger partial charge in [-0.1, -0.05) is 77.6 Å². The van der Waals surface area contributed by atoms with Crippen LogP contribution >= 0.6 is 7.82 Å². The Morgan fingerprint density at radius 3 is 1.36 bits per heavy atom. The van der Waals surface area contributed by atoms with Crippen molar-refractivity contribution in [1.82, 2.24) is 0 Å². The van der Waals surface area contributed by atoms with E-state index in [1.165, 1.54) is 11.1 Å². The maximum Gasteiger partial charge on any atom is 0.584 e. The summed E-state index contributed by atoms with van der Waals surface area (Å²) in [4.78, 5) is 10.8. The van der Waals surface area contributed by atoms with Gasteiger partial charge in [0.1, 0.15) is 11.5 Å². The number of rotatable bonds is 16. The van der Waals surface area contributed by atoms with Crippen molar-refractivity contribution in [1.29, 1.82) is 0 Å². The third-order valence-corrected chi connectivity index (χ3v) is 6.90. The smallest absolute Gasteiger partial charge is 0.395 e. The van der Waals surface area contributed by atoms with Gasteiger partial charge in [-0.2, -0.15) is 0 Å². The molecule has 0 saturated carbocycles. The van der Waals surface area contributed by atoms with Gasteiger partial charge in [0.05, 0.1) is 0 Å². The molecule has 0 atom stereocenters. The lowest BCUT2D eigenvalue weighted by Crippen LogP contribution is -2.06. The Morgan fingerprint density at radius 2 is 1.00 bits per heavy atom. The third kappa shape index (κ3) is 8.83. The Balaban J connectivity index is 2.32. The molecule has 0 aliphatic carbocycles. The molecule has 0 fully saturated rings. The molecule has 184 valence electrons. The molecule has 0 unspecified atom stereocenters. The van der Waals surface area contributed by atoms with Crippen molar-refractivity contribution in [3.05, 3.63) is 58.7 Å². The van der Waals surface area contributed by atoms with Crippen molar-refractivity contribution < 1.29 is 18.5 Å². The van der Waals surface area contributed by atoms with Crippen molar-refractivity contribution >= 4 is 7.82 Å². The Bertz CT molecular complexity index is 824. The van der Waals surface area contributed by atoms with Crippen LogP contribution in [0.1, 0.15) is 101 Å². The molecule has 0 radical (unpaired) electrons. The third-order valence-electron chi connectivity index (χ3n) is 6.05. The largest absolute Gasteiger partial charge is 0.584 e. The van der Waals surface area contributed by atoms with Gasteiger partial charge in [-0.05, 0) is 85.8 Å². The van der Waals surface area contributed by atoms with Crippen molar-refractivity contribution in [2.24, 2.45) is 0 Å². The average molecular weight is 475 g/mol. The molecule has 5 heteroatoms. The lowest BCUT2D eigenvalue weighted by Gasteiger charge is -2.21. The van der Waals surface area contributed by atoms with E-state index in [2.05, 4.69) is 39.8 Å². The number of phosphoric ester groups is 1. The summed E-state index contributed by atoms with van der Waals surface area (Å²) in [6.45, 7) is 8.65. The molecule has 2 rings (SSSR count). The Labute approximate surface area is 201 Å². The lowest BCUT2D eigenvalue weighted by atomic mass is 9.97. The summed E-state index contributed by atoms with van der Waals surface area (Å²) in [5.74, 6) is 0.945. The van der Waals surface area contributed by atoms with Gasteiger partial charge in [0.25, 0.3) is 0 Å². The van der Waals surface area contributed by atoms with E-state index >= 15 is 0 Å². The van der Waals surface area contributed by atoms with E-state index in [0.29, 0.717) is 11.5 Å². The fraction of sp³-hybridized carbons (Fsp3) is 0.571. The van der Waals surface area contributed by atoms with Crippen LogP contribution in [0.25, 0.3) is 0 Å². The van der Waals surface area contributed by atoms with E-state index in [1.54, 1.807) is 12.1 Å². The van der Waals surface area contributed by atoms with Crippen LogP contribution in [0.5, 0.6) is 11.5 Å². The summed E-state index contributed by atoms with van der Waals surface area (Å²) in [6, 6.07) is 11.6. The van der Waals surface area contributed by atoms with E-state index in [4.69, 9.17) is 9.05 Å². The van der Waals surface area contributed by atoms with Crippen molar-refractivity contribution in [2.75, 3.05) is 0 Å². The first kappa shape index (κ1) is 27.5. The summed E-state index contributed by atoms with van der Waals surface area (Å²) in [7, 11) is -4.35. The zero-order chi connectivity index (χ0) is 24.1. The highest BCUT2D eigenvalue weighted by Gasteiger charge is 2.28. The van der Waals surface area contributed by atoms with Gasteiger partial charge >= 0.3 is 7.82 Å². The molecule has 0 saturated heterocycles. The van der Waals surface area contributed by atoms with Crippen LogP contribution in [0.2, 0.25) is 0 Å². The first-order valence-electron chi connectivity index (χ1n) is 12.9. The van der Waals surface area contributed by atoms with Crippen molar-refractivity contribution in [3.8, 4) is 11.5 Å². The van der Waals surface area contributed by atoms with Crippen LogP contribution in [0.3, 0.4) is 0 Å². The van der Waals surface area contributed by atoms with Gasteiger partial charge in [0.15, 0.2) is 0 Å². The maximum absolute atomic E-state index is 13.2. The van der Waals surface area contributed by atoms with Gasteiger partial charge in [0.2, 0.25) is 0 Å². The molecule has 33 heavy (non-hydrogen) atoms. The number of hydrogen-bond donors (Lipinski definition) is 1. The van der Waals surface area contributed by atoms with Crippen LogP contribution in [0.15, 0.2) is 36.4 Å². The predicted molar refractivity (Wildman–Crippen MR) is 138 cm³/mol. The molecule has 0 spiro atoms. The van der Waals surface area contributed by atoms with Crippen LogP contribution in [-0.4, -0.2) is 4.89 Å². The minimum Gasteiger partial charge on any atom is -0.395 e. The zero-order valence-electron chi connectivity index (χ0n) is 21.1. The fourth-order valence-electron chi connectivity index (χ4n) is 4.14. The average Bonchev–Trinajstić information content (AvgIpc) is 2.79. The summed E-state index contributed by atoms with van der Waals surface area (Å²) in [6.07, 6.45) is 12.1. The molecule has 4 nitrogen and oxygen atoms in total. The predicted octanol–water partition coefficient (Wildman–Crippen LogP) is 8.62. The number of benzene rings is 2. The van der Waals surface area contributed by atoms with Crippen LogP contribution < -0.4 is 9.05 Å². The monoisotopic (exact) mass is 474 g/mol. The van der Waals surface area contributed by atoms with Crippen molar-refractivity contribution in [3.63, 3.8) is 0 Å². The molecule has 0 aromatic heterocycles. The van der Waals surface area contributed by atoms with Gasteiger partial charge in [-0.3, -0.25) is 4.89 Å². The molecule has 2 aromatic carbocycles. The SMILES string of the molecule is CCCCc1cccc(OP(=O)(O)Oc2cccc(CCCC)c2CCCC)c1CCCC. The first-order chi connectivity index (χ1) is 16.0. The molecule has 0 aliphatic heterocycles. The minimum atomic E-state index is -4.35. The molecule has 1 N–H and O–H groups in total. The van der Waals surface area contributed by atoms with Gasteiger partial charge in [-0.25, -0.2) is 4.57 Å². The summed E-state index contributed by atoms with van der Waals surface area (Å²) >= 11 is 0. The standard InChI is InChI=1S/C28H43O4P/c1-5-9-15-23-17-13-21-27(25(23)19-11-7-3)31-33(29,30)32-28-22-14-18-24(16-10-6-2)26(28)20-12-8-4/h13-14,17-18,21-22H,5-12,15-16,19-20H2,1-4H3,(H,29,30). The molecule has 0 bridgehead atoms. The highest BCUT2D eigenvalue weighted by atomic mass is 31.2. The lowest BCUT2D eigenvalue weighted by molar-refractivity contribution is 0.288. The molecule has 0 aliphatic rings. The minimum absolute atomic E-state index is 0.472. The topological polar surface area (TPSA) is 55.8 Å². The highest BCUT2D eigenvalue weighted by molar-refractivity contribution is 7.48. The Kier molecular flexibility index (Phi) is 12.1. The second kappa shape index (κ2) is 14.5. The molecule has 2 aromatic rings. The Morgan fingerprint density at radius 1 is 0.636 bits per heavy atom. The summed E-state index contributed by atoms with van der Waals surface area (Å²) < 4.78 is 24.6. The second-order valence-corrected chi connectivity index (χ2v) is 10.2. The van der Waals surface area contributed by atoms with Crippen LogP contribution in [-0.2, 0) is 30.2 Å². The quantitative estimate of drug-likeness (QED) is 0.247. The number of aryl methyl sites for hydroxylation is 2. The molecular weight excluding hydrogens is 431 g/mol. The Hall–Kier alpha value is -1.77. The first-order valence-corrected chi connectivity index (χ1v) is 14.4. The van der Waals surface area contributed by atoms with E-state index in [9.17, 15) is 9.46 Å². The number of unbranched alkanes of at least 4 members (excludes halogenated alkanes) is 4. The zero-order valence-corrected chi connectivity index (χ0v) is 22.0. The van der Waals surface area contributed by atoms with E-state index in [-0.39, 0.29) is 0 Å². The highest BCUT2D eigenvalue weighted by Crippen LogP contribution is 2.47. The number of phosphoric acid groups is 1. The fourth-order valence-corrected chi connectivity index (χ4v) is 5.01. The maximum atomic E-state index is 13.2. The van der Waals surface area contributed by atoms with E-state index < -0.39 is 7.82 Å². The van der Waals surface area contributed by atoms with Crippen LogP contribution in [0.4, 0.5) is 0 Å². The number of hydrogen-bond acceptors (Lipinski definition) is 3. The van der Waals surface area contributed by atoms with Crippen molar-refractivity contribution in [2.45, 2.75) is 105 Å². The van der Waals surface area contributed by atoms with E-state index in [0.717, 1.165) is 88.2 Å². The van der Waals surface area contributed by atoms with Gasteiger partial charge < -0.3 is 9.05 Å². The van der Waals surface area contributed by atoms with Gasteiger partial charge in [0, 0.05) is 0 Å². The molecule has 0 amide bonds. The van der Waals surface area contributed by atoms with Gasteiger partial charge in [-0.15, -0.1) is 0 Å². The normalized spacial score (nSPS) is 11.5. The molecular formula is C28H43O4P. The summed E-state index contributed by atoms with van der Waals surface area (Å²) in [5.41, 5.74) is 4.48. The molecule has 0 heterocycles. The van der Waals surface area contributed by atoms with Crippen LogP contribution in [0, 0.1) is 0 Å². The summed E-state index contributed by atoms with van der Waals surface area (Å²) in [5, 5.41) is 0. The second-order valence-electron chi connectivity index (χ2n) is 8.85. The van der Waals surface area contributed by atoms with E-state index in [1.807, 2.05) is 12.1 Å².